The minimum absolute atomic E-state index is 0.122. The highest BCUT2D eigenvalue weighted by Crippen LogP contribution is 2.50. The third-order valence-electron chi connectivity index (χ3n) is 7.68. The van der Waals surface area contributed by atoms with Gasteiger partial charge in [-0.15, -0.1) is 5.10 Å². The largest absolute Gasteiger partial charge is 0.481 e. The molecule has 0 spiro atoms. The Hall–Kier alpha value is -3.43. The summed E-state index contributed by atoms with van der Waals surface area (Å²) >= 11 is 0. The van der Waals surface area contributed by atoms with Gasteiger partial charge in [0.05, 0.1) is 23.3 Å². The molecule has 3 aliphatic carbocycles. The van der Waals surface area contributed by atoms with E-state index in [1.54, 1.807) is 12.3 Å². The number of carbonyl (C=O) groups is 1. The van der Waals surface area contributed by atoms with Crippen LogP contribution in [0.3, 0.4) is 0 Å². The lowest BCUT2D eigenvalue weighted by atomic mass is 9.57. The quantitative estimate of drug-likeness (QED) is 0.428. The van der Waals surface area contributed by atoms with Crippen molar-refractivity contribution in [3.63, 3.8) is 0 Å². The molecule has 3 saturated carbocycles. The van der Waals surface area contributed by atoms with Crippen LogP contribution in [0.5, 0.6) is 0 Å². The van der Waals surface area contributed by atoms with Gasteiger partial charge in [-0.3, -0.25) is 4.79 Å². The van der Waals surface area contributed by atoms with Crippen molar-refractivity contribution >= 4 is 22.5 Å². The number of hydrogen-bond donors (Lipinski definition) is 2. The first kappa shape index (κ1) is 21.1. The molecule has 176 valence electrons. The van der Waals surface area contributed by atoms with E-state index in [1.807, 2.05) is 0 Å². The number of pyridine rings is 1. The van der Waals surface area contributed by atoms with Gasteiger partial charge in [0.15, 0.2) is 5.82 Å². The van der Waals surface area contributed by atoms with Gasteiger partial charge in [-0.2, -0.15) is 0 Å². The van der Waals surface area contributed by atoms with Crippen molar-refractivity contribution in [2.45, 2.75) is 38.5 Å². The summed E-state index contributed by atoms with van der Waals surface area (Å²) in [6.45, 7) is 0. The summed E-state index contributed by atoms with van der Waals surface area (Å²) in [5.41, 5.74) is 1.56. The molecule has 7 rings (SSSR count). The Morgan fingerprint density at radius 3 is 2.71 bits per heavy atom. The fourth-order valence-electron chi connectivity index (χ4n) is 6.15. The van der Waals surface area contributed by atoms with Gasteiger partial charge in [0.1, 0.15) is 17.2 Å². The normalized spacial score (nSPS) is 24.5. The van der Waals surface area contributed by atoms with E-state index in [9.17, 15) is 23.1 Å². The molecule has 2 atom stereocenters. The van der Waals surface area contributed by atoms with Gasteiger partial charge in [0.2, 0.25) is 0 Å². The van der Waals surface area contributed by atoms with E-state index >= 15 is 0 Å². The highest BCUT2D eigenvalue weighted by atomic mass is 19.3. The summed E-state index contributed by atoms with van der Waals surface area (Å²) in [7, 11) is 0. The fraction of sp³-hybridized carbons (Fsp3) is 0.417. The van der Waals surface area contributed by atoms with Gasteiger partial charge >= 0.3 is 5.97 Å². The van der Waals surface area contributed by atoms with Crippen LogP contribution in [0.2, 0.25) is 0 Å². The number of aliphatic carboxylic acids is 1. The van der Waals surface area contributed by atoms with E-state index < -0.39 is 24.1 Å². The maximum Gasteiger partial charge on any atom is 0.307 e. The molecule has 4 aromatic rings. The molecule has 34 heavy (non-hydrogen) atoms. The average molecular weight is 469 g/mol. The number of carboxylic acids is 1. The van der Waals surface area contributed by atoms with Crippen molar-refractivity contribution in [1.82, 2.24) is 24.6 Å². The van der Waals surface area contributed by atoms with Crippen LogP contribution in [0, 0.1) is 29.5 Å². The number of carboxylic acid groups (broad SMARTS) is 1. The van der Waals surface area contributed by atoms with Gasteiger partial charge in [-0.1, -0.05) is 0 Å². The number of rotatable bonds is 5. The molecule has 4 heterocycles. The van der Waals surface area contributed by atoms with E-state index in [0.717, 1.165) is 31.9 Å². The second-order valence-electron chi connectivity index (χ2n) is 9.40. The highest BCUT2D eigenvalue weighted by molar-refractivity contribution is 5.91. The zero-order valence-electron chi connectivity index (χ0n) is 18.1. The Balaban J connectivity index is 1.51. The highest BCUT2D eigenvalue weighted by Gasteiger charge is 2.47. The average Bonchev–Trinajstić information content (AvgIpc) is 3.43. The van der Waals surface area contributed by atoms with Gasteiger partial charge < -0.3 is 10.1 Å². The molecule has 3 fully saturated rings. The van der Waals surface area contributed by atoms with Crippen LogP contribution in [0.25, 0.3) is 27.9 Å². The van der Waals surface area contributed by atoms with Gasteiger partial charge in [0, 0.05) is 17.1 Å². The minimum Gasteiger partial charge on any atom is -0.481 e. The van der Waals surface area contributed by atoms with Crippen LogP contribution < -0.4 is 0 Å². The molecule has 2 bridgehead atoms. The number of aromatic amines is 1. The maximum atomic E-state index is 13.9. The van der Waals surface area contributed by atoms with E-state index in [-0.39, 0.29) is 29.3 Å². The molecule has 7 nitrogen and oxygen atoms in total. The zero-order valence-corrected chi connectivity index (χ0v) is 18.1. The summed E-state index contributed by atoms with van der Waals surface area (Å²) in [4.78, 5) is 23.8. The number of fused-ring (bicyclic) bond motifs is 5. The zero-order chi connectivity index (χ0) is 23.6. The molecule has 0 amide bonds. The molecule has 0 aromatic carbocycles. The lowest BCUT2D eigenvalue weighted by Crippen LogP contribution is -2.45. The molecule has 3 aliphatic rings. The first-order valence-electron chi connectivity index (χ1n) is 11.4. The topological polar surface area (TPSA) is 96.2 Å². The Labute approximate surface area is 192 Å². The second-order valence-corrected chi connectivity index (χ2v) is 9.40. The van der Waals surface area contributed by atoms with Crippen LogP contribution in [0.1, 0.15) is 43.5 Å². The second kappa shape index (κ2) is 7.82. The van der Waals surface area contributed by atoms with Crippen LogP contribution in [0.15, 0.2) is 30.6 Å². The van der Waals surface area contributed by atoms with Crippen molar-refractivity contribution < 1.29 is 23.1 Å². The smallest absolute Gasteiger partial charge is 0.307 e. The lowest BCUT2D eigenvalue weighted by molar-refractivity contribution is -0.152. The summed E-state index contributed by atoms with van der Waals surface area (Å²) in [6.07, 6.45) is 4.05. The number of nitrogens with zero attached hydrogens (tertiary/aromatic N) is 4. The van der Waals surface area contributed by atoms with Crippen molar-refractivity contribution in [2.75, 3.05) is 0 Å². The molecular formula is C24H22F3N5O2. The molecule has 0 aliphatic heterocycles. The first-order valence-corrected chi connectivity index (χ1v) is 11.4. The number of aromatic nitrogens is 5. The van der Waals surface area contributed by atoms with Crippen molar-refractivity contribution in [2.24, 2.45) is 23.7 Å². The third-order valence-corrected chi connectivity index (χ3v) is 7.68. The minimum atomic E-state index is -2.75. The molecular weight excluding hydrogens is 447 g/mol. The summed E-state index contributed by atoms with van der Waals surface area (Å²) in [5, 5.41) is 14.8. The number of hydrogen-bond acceptors (Lipinski definition) is 4. The predicted octanol–water partition coefficient (Wildman–Crippen LogP) is 5.03. The summed E-state index contributed by atoms with van der Waals surface area (Å²) in [5.74, 6) is -1.37. The van der Waals surface area contributed by atoms with Crippen LogP contribution in [-0.4, -0.2) is 35.6 Å². The Morgan fingerprint density at radius 1 is 1.21 bits per heavy atom. The Bertz CT molecular complexity index is 1410. The number of alkyl halides is 2. The van der Waals surface area contributed by atoms with E-state index in [2.05, 4.69) is 15.1 Å². The Kier molecular flexibility index (Phi) is 4.86. The number of H-pyrrole nitrogens is 1. The van der Waals surface area contributed by atoms with Crippen molar-refractivity contribution in [1.29, 1.82) is 0 Å². The molecule has 4 aromatic heterocycles. The SMILES string of the molecule is O=C(O)[C@H]1C2CCC(CC2)[C@@H]1Cc1nc(-c2c[nH]c3ncc(F)cc23)nn2c(C(F)F)ccc12. The molecule has 0 unspecified atom stereocenters. The standard InChI is InChI=1S/C24H22F3N5O2/c25-13-7-15-16(10-29-22(15)28-9-13)23-30-17(18-5-6-19(21(26)27)32(18)31-23)8-14-11-1-3-12(4-2-11)20(14)24(33)34/h5-7,9-12,14,20-21H,1-4,8H2,(H,28,29)(H,33,34)/t11?,12?,14-,20-/m0/s1. The van der Waals surface area contributed by atoms with E-state index in [4.69, 9.17) is 4.98 Å². The lowest BCUT2D eigenvalue weighted by Gasteiger charge is -2.46. The molecule has 10 heteroatoms. The van der Waals surface area contributed by atoms with Crippen molar-refractivity contribution in [3.8, 4) is 11.4 Å². The predicted molar refractivity (Wildman–Crippen MR) is 117 cm³/mol. The fourth-order valence-corrected chi connectivity index (χ4v) is 6.15. The first-order chi connectivity index (χ1) is 16.4. The summed E-state index contributed by atoms with van der Waals surface area (Å²) < 4.78 is 42.6. The van der Waals surface area contributed by atoms with Gasteiger partial charge in [0.25, 0.3) is 6.43 Å². The summed E-state index contributed by atoms with van der Waals surface area (Å²) in [6, 6.07) is 4.18. The maximum absolute atomic E-state index is 13.9. The van der Waals surface area contributed by atoms with Crippen LogP contribution in [-0.2, 0) is 11.2 Å². The van der Waals surface area contributed by atoms with Crippen LogP contribution >= 0.6 is 0 Å². The number of nitrogens with one attached hydrogen (secondary N) is 1. The van der Waals surface area contributed by atoms with Gasteiger partial charge in [-0.05, 0) is 68.1 Å². The third kappa shape index (κ3) is 3.26. The monoisotopic (exact) mass is 469 g/mol. The van der Waals surface area contributed by atoms with Crippen LogP contribution in [0.4, 0.5) is 13.2 Å². The molecule has 2 N–H and O–H groups in total. The number of halogens is 3. The Morgan fingerprint density at radius 2 is 1.97 bits per heavy atom. The molecule has 0 radical (unpaired) electrons. The van der Waals surface area contributed by atoms with E-state index in [0.29, 0.717) is 34.2 Å². The molecule has 0 saturated heterocycles. The van der Waals surface area contributed by atoms with E-state index in [1.165, 1.54) is 16.6 Å². The van der Waals surface area contributed by atoms with Crippen molar-refractivity contribution in [3.05, 3.63) is 47.8 Å². The van der Waals surface area contributed by atoms with Gasteiger partial charge in [-0.25, -0.2) is 27.7 Å².